The lowest BCUT2D eigenvalue weighted by Gasteiger charge is -2.13. The minimum atomic E-state index is -0.636. The topological polar surface area (TPSA) is 79.6 Å². The van der Waals surface area contributed by atoms with Crippen LogP contribution in [-0.2, 0) is 11.3 Å². The van der Waals surface area contributed by atoms with Crippen LogP contribution in [0.4, 0.5) is 0 Å². The second-order valence-corrected chi connectivity index (χ2v) is 6.60. The fraction of sp³-hybridized carbons (Fsp3) is 0.211. The maximum atomic E-state index is 13.0. The van der Waals surface area contributed by atoms with Crippen LogP contribution in [0.25, 0.3) is 10.8 Å². The molecular weight excluding hydrogens is 416 g/mol. The number of hydrogen-bond acceptors (Lipinski definition) is 6. The number of nitrogens with zero attached hydrogens (tertiary/aromatic N) is 2. The molecule has 3 rings (SSSR count). The number of carbonyl (C=O) groups is 1. The monoisotopic (exact) mass is 432 g/mol. The highest BCUT2D eigenvalue weighted by atomic mass is 79.9. The number of benzene rings is 2. The van der Waals surface area contributed by atoms with E-state index in [1.807, 2.05) is 12.1 Å². The largest absolute Gasteiger partial charge is 0.497 e. The van der Waals surface area contributed by atoms with Gasteiger partial charge in [0.25, 0.3) is 5.56 Å². The van der Waals surface area contributed by atoms with E-state index in [2.05, 4.69) is 21.0 Å². The van der Waals surface area contributed by atoms with Gasteiger partial charge in [0.05, 0.1) is 33.3 Å². The molecule has 7 nitrogen and oxygen atoms in total. The molecule has 0 N–H and O–H groups in total. The number of esters is 1. The van der Waals surface area contributed by atoms with E-state index >= 15 is 0 Å². The minimum Gasteiger partial charge on any atom is -0.497 e. The van der Waals surface area contributed by atoms with Crippen LogP contribution < -0.4 is 15.0 Å². The van der Waals surface area contributed by atoms with Crippen LogP contribution in [-0.4, -0.2) is 37.1 Å². The van der Waals surface area contributed by atoms with E-state index in [1.165, 1.54) is 18.9 Å². The molecule has 0 bridgehead atoms. The fourth-order valence-electron chi connectivity index (χ4n) is 2.76. The molecule has 8 heteroatoms. The molecule has 140 valence electrons. The first-order valence-corrected chi connectivity index (χ1v) is 8.77. The van der Waals surface area contributed by atoms with Crippen LogP contribution in [0, 0.1) is 0 Å². The van der Waals surface area contributed by atoms with Crippen molar-refractivity contribution < 1.29 is 19.0 Å². The van der Waals surface area contributed by atoms with Crippen molar-refractivity contribution in [1.29, 1.82) is 0 Å². The Kier molecular flexibility index (Phi) is 5.46. The predicted molar refractivity (Wildman–Crippen MR) is 104 cm³/mol. The minimum absolute atomic E-state index is 0.0419. The van der Waals surface area contributed by atoms with Crippen molar-refractivity contribution in [1.82, 2.24) is 9.78 Å². The number of rotatable bonds is 5. The second kappa shape index (κ2) is 7.79. The summed E-state index contributed by atoms with van der Waals surface area (Å²) >= 11 is 3.36. The van der Waals surface area contributed by atoms with Crippen molar-refractivity contribution in [2.75, 3.05) is 21.3 Å². The van der Waals surface area contributed by atoms with Crippen molar-refractivity contribution in [2.45, 2.75) is 6.54 Å². The molecule has 0 aliphatic heterocycles. The van der Waals surface area contributed by atoms with Gasteiger partial charge in [0.2, 0.25) is 0 Å². The van der Waals surface area contributed by atoms with Crippen molar-refractivity contribution >= 4 is 32.7 Å². The Morgan fingerprint density at radius 1 is 1.11 bits per heavy atom. The number of halogens is 1. The van der Waals surface area contributed by atoms with E-state index in [0.29, 0.717) is 21.4 Å². The summed E-state index contributed by atoms with van der Waals surface area (Å²) in [6.45, 7) is 0.183. The molecule has 0 fully saturated rings. The lowest BCUT2D eigenvalue weighted by atomic mass is 10.1. The van der Waals surface area contributed by atoms with Crippen LogP contribution in [0.3, 0.4) is 0 Å². The average Bonchev–Trinajstić information content (AvgIpc) is 2.69. The van der Waals surface area contributed by atoms with Gasteiger partial charge in [-0.25, -0.2) is 9.48 Å². The summed E-state index contributed by atoms with van der Waals surface area (Å²) < 4.78 is 17.2. The van der Waals surface area contributed by atoms with Gasteiger partial charge in [0.15, 0.2) is 5.69 Å². The van der Waals surface area contributed by atoms with Gasteiger partial charge in [0, 0.05) is 9.86 Å². The van der Waals surface area contributed by atoms with Crippen LogP contribution >= 0.6 is 15.9 Å². The zero-order valence-electron chi connectivity index (χ0n) is 15.0. The Balaban J connectivity index is 2.23. The Labute approximate surface area is 163 Å². The first kappa shape index (κ1) is 18.9. The summed E-state index contributed by atoms with van der Waals surface area (Å²) in [5, 5.41) is 4.88. The molecule has 0 spiro atoms. The molecule has 27 heavy (non-hydrogen) atoms. The average molecular weight is 433 g/mol. The first-order chi connectivity index (χ1) is 13.0. The van der Waals surface area contributed by atoms with E-state index in [-0.39, 0.29) is 23.2 Å². The zero-order chi connectivity index (χ0) is 19.6. The van der Waals surface area contributed by atoms with Gasteiger partial charge in [-0.3, -0.25) is 4.79 Å². The normalized spacial score (nSPS) is 10.7. The third kappa shape index (κ3) is 3.66. The lowest BCUT2D eigenvalue weighted by molar-refractivity contribution is 0.0593. The van der Waals surface area contributed by atoms with Crippen molar-refractivity contribution in [3.8, 4) is 11.5 Å². The molecule has 0 aliphatic rings. The van der Waals surface area contributed by atoms with E-state index in [9.17, 15) is 9.59 Å². The van der Waals surface area contributed by atoms with E-state index in [4.69, 9.17) is 14.2 Å². The summed E-state index contributed by atoms with van der Waals surface area (Å²) in [5.74, 6) is 0.420. The van der Waals surface area contributed by atoms with Crippen LogP contribution in [0.1, 0.15) is 16.1 Å². The van der Waals surface area contributed by atoms with Gasteiger partial charge >= 0.3 is 5.97 Å². The number of carbonyl (C=O) groups excluding carboxylic acids is 1. The highest BCUT2D eigenvalue weighted by Crippen LogP contribution is 2.29. The Bertz CT molecular complexity index is 1060. The number of methoxy groups -OCH3 is 3. The van der Waals surface area contributed by atoms with E-state index in [0.717, 1.165) is 5.56 Å². The SMILES string of the molecule is COC(=O)c1nn(Cc2ccc(OC)cc2)c(=O)c2c(OC)cc(Br)cc12. The maximum absolute atomic E-state index is 13.0. The zero-order valence-corrected chi connectivity index (χ0v) is 16.6. The van der Waals surface area contributed by atoms with Gasteiger partial charge in [-0.15, -0.1) is 0 Å². The van der Waals surface area contributed by atoms with Gasteiger partial charge in [-0.1, -0.05) is 28.1 Å². The number of hydrogen-bond donors (Lipinski definition) is 0. The van der Waals surface area contributed by atoms with Crippen LogP contribution in [0.5, 0.6) is 11.5 Å². The molecule has 0 unspecified atom stereocenters. The summed E-state index contributed by atoms with van der Waals surface area (Å²) in [4.78, 5) is 25.3. The van der Waals surface area contributed by atoms with Crippen LogP contribution in [0.15, 0.2) is 45.7 Å². The molecule has 0 saturated carbocycles. The predicted octanol–water partition coefficient (Wildman–Crippen LogP) is 3.01. The Morgan fingerprint density at radius 3 is 2.41 bits per heavy atom. The van der Waals surface area contributed by atoms with Crippen LogP contribution in [0.2, 0.25) is 0 Å². The molecule has 1 heterocycles. The lowest BCUT2D eigenvalue weighted by Crippen LogP contribution is -2.27. The molecule has 2 aromatic carbocycles. The van der Waals surface area contributed by atoms with Gasteiger partial charge in [-0.2, -0.15) is 5.10 Å². The molecule has 0 saturated heterocycles. The van der Waals surface area contributed by atoms with Crippen molar-refractivity contribution in [3.05, 3.63) is 62.5 Å². The first-order valence-electron chi connectivity index (χ1n) is 7.98. The summed E-state index contributed by atoms with van der Waals surface area (Å²) in [6.07, 6.45) is 0. The highest BCUT2D eigenvalue weighted by molar-refractivity contribution is 9.10. The molecule has 0 atom stereocenters. The molecule has 0 radical (unpaired) electrons. The van der Waals surface area contributed by atoms with Crippen molar-refractivity contribution in [2.24, 2.45) is 0 Å². The summed E-state index contributed by atoms with van der Waals surface area (Å²) in [5.41, 5.74) is 0.509. The van der Waals surface area contributed by atoms with E-state index < -0.39 is 5.97 Å². The smallest absolute Gasteiger partial charge is 0.359 e. The summed E-state index contributed by atoms with van der Waals surface area (Å²) in [6, 6.07) is 10.6. The molecular formula is C19H17BrN2O5. The quantitative estimate of drug-likeness (QED) is 0.576. The third-order valence-corrected chi connectivity index (χ3v) is 4.54. The second-order valence-electron chi connectivity index (χ2n) is 5.68. The number of ether oxygens (including phenoxy) is 3. The standard InChI is InChI=1S/C19H17BrN2O5/c1-25-13-6-4-11(5-7-13)10-22-18(23)16-14(17(21-22)19(24)27-3)8-12(20)9-15(16)26-2/h4-9H,10H2,1-3H3. The molecule has 0 amide bonds. The maximum Gasteiger partial charge on any atom is 0.359 e. The molecule has 0 aliphatic carbocycles. The van der Waals surface area contributed by atoms with Gasteiger partial charge in [0.1, 0.15) is 11.5 Å². The van der Waals surface area contributed by atoms with Gasteiger partial charge in [-0.05, 0) is 29.8 Å². The Hall–Kier alpha value is -2.87. The van der Waals surface area contributed by atoms with E-state index in [1.54, 1.807) is 31.4 Å². The number of fused-ring (bicyclic) bond motifs is 1. The van der Waals surface area contributed by atoms with Gasteiger partial charge < -0.3 is 14.2 Å². The molecule has 1 aromatic heterocycles. The Morgan fingerprint density at radius 2 is 1.81 bits per heavy atom. The number of aromatic nitrogens is 2. The highest BCUT2D eigenvalue weighted by Gasteiger charge is 2.21. The third-order valence-electron chi connectivity index (χ3n) is 4.08. The van der Waals surface area contributed by atoms with Crippen molar-refractivity contribution in [3.63, 3.8) is 0 Å². The fourth-order valence-corrected chi connectivity index (χ4v) is 3.19. The molecule has 3 aromatic rings. The summed E-state index contributed by atoms with van der Waals surface area (Å²) in [7, 11) is 4.31.